The van der Waals surface area contributed by atoms with Crippen LogP contribution in [0.3, 0.4) is 0 Å². The standard InChI is InChI=1S/C58H69N7O12S2/c59-44-79-51-19-13-47(14-20-51)65-58-53-9-2-1-7-45(53)40-63(55-11-5-4-10-54(55)57(58)61-62-65)21-22-67-23-24-70-34-37-76-49(42-73-31-29-68-25-27-71-33-36-75-48-15-17-50(78)18-16-48)43-74-32-30-69-26-28-72-35-38-77-60-39-46-41-64(66)56-12-6-3-8-52(46)56/h1-20,39,41,49,57-58,66,78H,21-38,40,42-43H2/b60-39+. The largest absolute Gasteiger partial charge is 0.491 e. The Morgan fingerprint density at radius 1 is 0.658 bits per heavy atom. The molecule has 3 unspecified atom stereocenters. The van der Waals surface area contributed by atoms with E-state index in [-0.39, 0.29) is 24.8 Å². The molecule has 2 aliphatic rings. The number of ether oxygens (including phenoxy) is 10. The lowest BCUT2D eigenvalue weighted by molar-refractivity contribution is -0.0869. The van der Waals surface area contributed by atoms with Crippen molar-refractivity contribution in [3.05, 3.63) is 150 Å². The maximum atomic E-state index is 10.0. The Kier molecular flexibility index (Phi) is 24.9. The van der Waals surface area contributed by atoms with Crippen LogP contribution in [0.25, 0.3) is 10.9 Å². The predicted molar refractivity (Wildman–Crippen MR) is 303 cm³/mol. The second-order valence-electron chi connectivity index (χ2n) is 18.0. The van der Waals surface area contributed by atoms with Crippen LogP contribution in [-0.4, -0.2) is 154 Å². The lowest BCUT2D eigenvalue weighted by Crippen LogP contribution is -2.33. The number of anilines is 2. The lowest BCUT2D eigenvalue weighted by atomic mass is 9.87. The fourth-order valence-electron chi connectivity index (χ4n) is 8.83. The number of nitriles is 1. The third-order valence-electron chi connectivity index (χ3n) is 12.6. The molecule has 5 aromatic carbocycles. The Hall–Kier alpha value is -6.26. The molecular weight excluding hydrogens is 1050 g/mol. The van der Waals surface area contributed by atoms with E-state index in [0.717, 1.165) is 59.9 Å². The van der Waals surface area contributed by atoms with Crippen LogP contribution >= 0.6 is 24.4 Å². The van der Waals surface area contributed by atoms with Crippen LogP contribution in [0.15, 0.2) is 153 Å². The number of para-hydroxylation sites is 2. The van der Waals surface area contributed by atoms with E-state index in [1.807, 2.05) is 77.8 Å². The predicted octanol–water partition coefficient (Wildman–Crippen LogP) is 9.38. The van der Waals surface area contributed by atoms with Crippen LogP contribution in [-0.2, 0) is 54.0 Å². The van der Waals surface area contributed by atoms with Crippen LogP contribution in [0.1, 0.15) is 34.3 Å². The van der Waals surface area contributed by atoms with Crippen molar-refractivity contribution in [1.82, 2.24) is 4.73 Å². The molecular formula is C58H69N7O12S2. The maximum absolute atomic E-state index is 10.0. The van der Waals surface area contributed by atoms with Gasteiger partial charge in [0.2, 0.25) is 0 Å². The highest BCUT2D eigenvalue weighted by Crippen LogP contribution is 2.49. The molecule has 21 heteroatoms. The quantitative estimate of drug-likeness (QED) is 0.00712. The van der Waals surface area contributed by atoms with Gasteiger partial charge in [-0.25, -0.2) is 5.01 Å². The third-order valence-corrected chi connectivity index (χ3v) is 13.5. The third kappa shape index (κ3) is 18.7. The first-order valence-electron chi connectivity index (χ1n) is 26.4. The normalized spacial score (nSPS) is 15.2. The Balaban J connectivity index is 0.705. The van der Waals surface area contributed by atoms with Gasteiger partial charge in [0, 0.05) is 45.1 Å². The Morgan fingerprint density at radius 2 is 1.25 bits per heavy atom. The number of hydrogen-bond acceptors (Lipinski definition) is 20. The highest BCUT2D eigenvalue weighted by molar-refractivity contribution is 8.03. The summed E-state index contributed by atoms with van der Waals surface area (Å²) in [7, 11) is 0. The van der Waals surface area contributed by atoms with Crippen molar-refractivity contribution < 1.29 is 57.4 Å². The van der Waals surface area contributed by atoms with Gasteiger partial charge in [-0.1, -0.05) is 71.0 Å². The molecule has 0 saturated heterocycles. The number of fused-ring (bicyclic) bond motifs is 6. The molecule has 0 spiro atoms. The van der Waals surface area contributed by atoms with E-state index in [4.69, 9.17) is 67.8 Å². The van der Waals surface area contributed by atoms with Crippen LogP contribution in [0.2, 0.25) is 0 Å². The highest BCUT2D eigenvalue weighted by Gasteiger charge is 2.40. The van der Waals surface area contributed by atoms with E-state index < -0.39 is 0 Å². The summed E-state index contributed by atoms with van der Waals surface area (Å²) in [6.45, 7) is 8.77. The Morgan fingerprint density at radius 3 is 1.96 bits per heavy atom. The maximum Gasteiger partial charge on any atom is 0.140 e. The molecule has 3 atom stereocenters. The fourth-order valence-corrected chi connectivity index (χ4v) is 9.36. The lowest BCUT2D eigenvalue weighted by Gasteiger charge is -2.35. The fraction of sp³-hybridized carbons (Fsp3) is 0.414. The Labute approximate surface area is 471 Å². The molecule has 1 aromatic heterocycles. The first-order chi connectivity index (χ1) is 39.1. The topological polar surface area (TPSA) is 194 Å². The number of hydrogen-bond donors (Lipinski definition) is 2. The molecule has 0 saturated carbocycles. The van der Waals surface area contributed by atoms with E-state index in [1.165, 1.54) is 11.1 Å². The number of rotatable bonds is 37. The summed E-state index contributed by atoms with van der Waals surface area (Å²) in [4.78, 5) is 9.45. The van der Waals surface area contributed by atoms with E-state index in [9.17, 15) is 5.21 Å². The molecule has 0 radical (unpaired) electrons. The first kappa shape index (κ1) is 58.9. The SMILES string of the molecule is N#CSc1ccc(N2N=NC3c4ccccc4N(CCOCCOCCOC(COCCOCCOCCO/N=C/c4cn(O)c5ccccc45)COCCOCCOCCOc4ccc(S)cc4)Cc4ccccc4C32)cc1. The number of benzene rings is 5. The first-order valence-corrected chi connectivity index (χ1v) is 27.7. The van der Waals surface area contributed by atoms with Gasteiger partial charge >= 0.3 is 0 Å². The minimum Gasteiger partial charge on any atom is -0.491 e. The molecule has 0 aliphatic carbocycles. The molecule has 0 amide bonds. The number of oxime groups is 1. The summed E-state index contributed by atoms with van der Waals surface area (Å²) in [5, 5.41) is 37.8. The molecule has 0 bridgehead atoms. The molecule has 3 heterocycles. The zero-order chi connectivity index (χ0) is 54.5. The zero-order valence-electron chi connectivity index (χ0n) is 44.2. The van der Waals surface area contributed by atoms with E-state index in [0.29, 0.717) is 138 Å². The minimum atomic E-state index is -0.337. The Bertz CT molecular complexity index is 2820. The summed E-state index contributed by atoms with van der Waals surface area (Å²) in [5.41, 5.74) is 6.95. The average molecular weight is 1120 g/mol. The van der Waals surface area contributed by atoms with Gasteiger partial charge < -0.3 is 62.3 Å². The molecule has 1 N–H and O–H groups in total. The van der Waals surface area contributed by atoms with Gasteiger partial charge in [-0.3, -0.25) is 0 Å². The molecule has 2 aliphatic heterocycles. The second kappa shape index (κ2) is 33.4. The van der Waals surface area contributed by atoms with Crippen molar-refractivity contribution in [3.63, 3.8) is 0 Å². The molecule has 6 aromatic rings. The summed E-state index contributed by atoms with van der Waals surface area (Å²) < 4.78 is 59.4. The van der Waals surface area contributed by atoms with Crippen molar-refractivity contribution in [3.8, 4) is 11.2 Å². The number of thiocyanates is 1. The van der Waals surface area contributed by atoms with Crippen LogP contribution < -0.4 is 14.6 Å². The molecule has 0 fully saturated rings. The monoisotopic (exact) mass is 1120 g/mol. The van der Waals surface area contributed by atoms with Crippen molar-refractivity contribution in [2.24, 2.45) is 15.5 Å². The number of thioether (sulfide) groups is 1. The number of nitrogens with zero attached hydrogens (tertiary/aromatic N) is 7. The van der Waals surface area contributed by atoms with Crippen LogP contribution in [0, 0.1) is 10.7 Å². The molecule has 8 rings (SSSR count). The van der Waals surface area contributed by atoms with Gasteiger partial charge in [0.1, 0.15) is 42.6 Å². The van der Waals surface area contributed by atoms with Crippen LogP contribution in [0.4, 0.5) is 11.4 Å². The van der Waals surface area contributed by atoms with E-state index in [1.54, 1.807) is 12.4 Å². The van der Waals surface area contributed by atoms with Crippen molar-refractivity contribution in [2.45, 2.75) is 34.5 Å². The van der Waals surface area contributed by atoms with Gasteiger partial charge in [-0.2, -0.15) is 15.1 Å². The molecule has 420 valence electrons. The summed E-state index contributed by atoms with van der Waals surface area (Å²) >= 11 is 5.43. The smallest absolute Gasteiger partial charge is 0.140 e. The average Bonchev–Trinajstić information content (AvgIpc) is 4.29. The number of aromatic nitrogens is 1. The molecule has 19 nitrogen and oxygen atoms in total. The summed E-state index contributed by atoms with van der Waals surface area (Å²) in [6.07, 6.45) is 2.81. The summed E-state index contributed by atoms with van der Waals surface area (Å²) in [5.74, 6) is 0.775. The van der Waals surface area contributed by atoms with Crippen molar-refractivity contribution >= 4 is 52.9 Å². The second-order valence-corrected chi connectivity index (χ2v) is 19.4. The highest BCUT2D eigenvalue weighted by atomic mass is 32.2. The van der Waals surface area contributed by atoms with Gasteiger partial charge in [0.15, 0.2) is 0 Å². The van der Waals surface area contributed by atoms with Crippen LogP contribution in [0.5, 0.6) is 5.75 Å². The van der Waals surface area contributed by atoms with Gasteiger partial charge in [0.25, 0.3) is 0 Å². The van der Waals surface area contributed by atoms with Crippen molar-refractivity contribution in [1.29, 1.82) is 5.26 Å². The van der Waals surface area contributed by atoms with Gasteiger partial charge in [-0.05, 0) is 83.6 Å². The van der Waals surface area contributed by atoms with Gasteiger partial charge in [0.05, 0.1) is 136 Å². The summed E-state index contributed by atoms with van der Waals surface area (Å²) in [6, 6.07) is 39.5. The molecule has 79 heavy (non-hydrogen) atoms. The zero-order valence-corrected chi connectivity index (χ0v) is 45.9. The number of thiol groups is 1. The van der Waals surface area contributed by atoms with Gasteiger partial charge in [-0.15, -0.1) is 12.6 Å². The minimum absolute atomic E-state index is 0.128. The van der Waals surface area contributed by atoms with E-state index in [2.05, 4.69) is 76.6 Å². The van der Waals surface area contributed by atoms with E-state index >= 15 is 0 Å². The van der Waals surface area contributed by atoms with Crippen molar-refractivity contribution in [2.75, 3.05) is 142 Å².